The predicted molar refractivity (Wildman–Crippen MR) is 64.0 cm³/mol. The van der Waals surface area contributed by atoms with Gasteiger partial charge < -0.3 is 4.74 Å². The number of imide groups is 1. The van der Waals surface area contributed by atoms with Gasteiger partial charge >= 0.3 is 6.09 Å². The molecule has 0 N–H and O–H groups in total. The molecule has 5 unspecified atom stereocenters. The number of ketones is 1. The molecule has 0 aromatic carbocycles. The number of Topliss-reactive ketones (excluding diaryl/α,β-unsaturated/α-hetero) is 1. The van der Waals surface area contributed by atoms with Gasteiger partial charge in [-0.2, -0.15) is 0 Å². The first-order chi connectivity index (χ1) is 9.16. The van der Waals surface area contributed by atoms with Gasteiger partial charge in [0, 0.05) is 18.3 Å². The highest BCUT2D eigenvalue weighted by atomic mass is 16.6. The largest absolute Gasteiger partial charge is 0.447 e. The third-order valence-corrected chi connectivity index (χ3v) is 5.56. The Morgan fingerprint density at radius 1 is 1.21 bits per heavy atom. The summed E-state index contributed by atoms with van der Waals surface area (Å²) in [4.78, 5) is 37.5. The average Bonchev–Trinajstić information content (AvgIpc) is 2.94. The zero-order valence-electron chi connectivity index (χ0n) is 10.7. The Labute approximate surface area is 111 Å². The van der Waals surface area contributed by atoms with Gasteiger partial charge in [-0.1, -0.05) is 0 Å². The fourth-order valence-electron chi connectivity index (χ4n) is 4.93. The smallest absolute Gasteiger partial charge is 0.416 e. The third kappa shape index (κ3) is 1.44. The number of fused-ring (bicyclic) bond motifs is 1. The summed E-state index contributed by atoms with van der Waals surface area (Å²) in [6, 6.07) is 0. The summed E-state index contributed by atoms with van der Waals surface area (Å²) in [5.74, 6) is 1.10. The van der Waals surface area contributed by atoms with Crippen molar-refractivity contribution in [2.45, 2.75) is 25.7 Å². The molecule has 19 heavy (non-hydrogen) atoms. The van der Waals surface area contributed by atoms with E-state index in [0.29, 0.717) is 31.3 Å². The lowest BCUT2D eigenvalue weighted by Crippen LogP contribution is -2.52. The molecule has 102 valence electrons. The number of ether oxygens (including phenoxy) is 1. The normalized spacial score (nSPS) is 43.8. The minimum absolute atomic E-state index is 0.0876. The minimum atomic E-state index is -0.507. The standard InChI is InChI=1S/C14H17NO4/c16-10-6-8-5-7-1-2-9(11(7)10)12(8)13(17)15-3-4-19-14(15)18/h7-9,11-12H,1-6H2. The van der Waals surface area contributed by atoms with Crippen LogP contribution in [0.3, 0.4) is 0 Å². The van der Waals surface area contributed by atoms with Gasteiger partial charge in [-0.15, -0.1) is 0 Å². The van der Waals surface area contributed by atoms with Crippen LogP contribution in [-0.4, -0.2) is 35.8 Å². The number of rotatable bonds is 1. The number of hydrogen-bond acceptors (Lipinski definition) is 4. The van der Waals surface area contributed by atoms with E-state index in [0.717, 1.165) is 19.3 Å². The Morgan fingerprint density at radius 2 is 2.05 bits per heavy atom. The molecule has 5 rings (SSSR count). The quantitative estimate of drug-likeness (QED) is 0.713. The van der Waals surface area contributed by atoms with Crippen LogP contribution < -0.4 is 0 Å². The van der Waals surface area contributed by atoms with E-state index < -0.39 is 6.09 Å². The number of nitrogens with zero attached hydrogens (tertiary/aromatic N) is 1. The third-order valence-electron chi connectivity index (χ3n) is 5.56. The topological polar surface area (TPSA) is 63.7 Å². The van der Waals surface area contributed by atoms with Crippen LogP contribution in [0.15, 0.2) is 0 Å². The summed E-state index contributed by atoms with van der Waals surface area (Å²) in [7, 11) is 0. The van der Waals surface area contributed by atoms with Crippen LogP contribution in [0.25, 0.3) is 0 Å². The van der Waals surface area contributed by atoms with Crippen molar-refractivity contribution in [3.05, 3.63) is 0 Å². The van der Waals surface area contributed by atoms with Gasteiger partial charge in [-0.3, -0.25) is 9.59 Å². The molecule has 0 radical (unpaired) electrons. The highest BCUT2D eigenvalue weighted by Gasteiger charge is 2.59. The van der Waals surface area contributed by atoms with Crippen molar-refractivity contribution >= 4 is 17.8 Å². The van der Waals surface area contributed by atoms with E-state index in [1.165, 1.54) is 4.90 Å². The van der Waals surface area contributed by atoms with Crippen molar-refractivity contribution < 1.29 is 19.1 Å². The molecule has 0 aromatic heterocycles. The van der Waals surface area contributed by atoms with Crippen molar-refractivity contribution in [2.75, 3.05) is 13.2 Å². The molecule has 5 aliphatic rings. The lowest BCUT2D eigenvalue weighted by Gasteiger charge is -2.46. The van der Waals surface area contributed by atoms with Crippen LogP contribution in [0.2, 0.25) is 0 Å². The second kappa shape index (κ2) is 3.81. The van der Waals surface area contributed by atoms with Crippen LogP contribution in [0.4, 0.5) is 4.79 Å². The molecule has 5 heteroatoms. The van der Waals surface area contributed by atoms with E-state index >= 15 is 0 Å². The maximum atomic E-state index is 12.6. The van der Waals surface area contributed by atoms with Crippen LogP contribution in [0, 0.1) is 29.6 Å². The van der Waals surface area contributed by atoms with E-state index in [2.05, 4.69) is 0 Å². The van der Waals surface area contributed by atoms with Crippen molar-refractivity contribution in [3.63, 3.8) is 0 Å². The summed E-state index contributed by atoms with van der Waals surface area (Å²) in [6.07, 6.45) is 3.07. The summed E-state index contributed by atoms with van der Waals surface area (Å²) >= 11 is 0. The van der Waals surface area contributed by atoms with Gasteiger partial charge in [-0.05, 0) is 37.0 Å². The van der Waals surface area contributed by atoms with E-state index in [4.69, 9.17) is 4.74 Å². The van der Waals surface area contributed by atoms with Crippen molar-refractivity contribution in [2.24, 2.45) is 29.6 Å². The molecule has 4 aliphatic carbocycles. The number of amides is 2. The number of hydrogen-bond donors (Lipinski definition) is 0. The summed E-state index contributed by atoms with van der Waals surface area (Å²) in [5, 5.41) is 0. The van der Waals surface area contributed by atoms with Gasteiger partial charge in [0.15, 0.2) is 0 Å². The van der Waals surface area contributed by atoms with Crippen molar-refractivity contribution in [1.29, 1.82) is 0 Å². The van der Waals surface area contributed by atoms with Crippen LogP contribution in [-0.2, 0) is 14.3 Å². The van der Waals surface area contributed by atoms with Crippen molar-refractivity contribution in [1.82, 2.24) is 4.90 Å². The molecule has 2 amide bonds. The molecule has 4 saturated carbocycles. The number of cyclic esters (lactones) is 1. The van der Waals surface area contributed by atoms with Gasteiger partial charge in [0.25, 0.3) is 0 Å². The van der Waals surface area contributed by atoms with Gasteiger partial charge in [0.2, 0.25) is 5.91 Å². The monoisotopic (exact) mass is 263 g/mol. The van der Waals surface area contributed by atoms with E-state index in [1.807, 2.05) is 0 Å². The van der Waals surface area contributed by atoms with Crippen LogP contribution >= 0.6 is 0 Å². The summed E-state index contributed by atoms with van der Waals surface area (Å²) in [5.41, 5.74) is 0. The lowest BCUT2D eigenvalue weighted by molar-refractivity contribution is -0.149. The maximum absolute atomic E-state index is 12.6. The fraction of sp³-hybridized carbons (Fsp3) is 0.786. The molecular formula is C14H17NO4. The molecule has 1 saturated heterocycles. The Hall–Kier alpha value is -1.39. The molecule has 5 fully saturated rings. The van der Waals surface area contributed by atoms with Crippen LogP contribution in [0.1, 0.15) is 25.7 Å². The molecule has 1 aliphatic heterocycles. The Kier molecular flexibility index (Phi) is 2.29. The van der Waals surface area contributed by atoms with E-state index in [-0.39, 0.29) is 29.6 Å². The lowest BCUT2D eigenvalue weighted by atomic mass is 9.57. The zero-order valence-corrected chi connectivity index (χ0v) is 10.7. The van der Waals surface area contributed by atoms with Gasteiger partial charge in [0.1, 0.15) is 12.4 Å². The Balaban J connectivity index is 1.63. The number of carbonyl (C=O) groups excluding carboxylic acids is 3. The highest BCUT2D eigenvalue weighted by molar-refractivity contribution is 5.96. The Morgan fingerprint density at radius 3 is 2.79 bits per heavy atom. The first kappa shape index (κ1) is 11.4. The molecular weight excluding hydrogens is 246 g/mol. The summed E-state index contributed by atoms with van der Waals surface area (Å²) < 4.78 is 4.86. The molecule has 0 spiro atoms. The Bertz CT molecular complexity index is 474. The predicted octanol–water partition coefficient (Wildman–Crippen LogP) is 1.22. The fourth-order valence-corrected chi connectivity index (χ4v) is 4.93. The maximum Gasteiger partial charge on any atom is 0.416 e. The molecule has 5 atom stereocenters. The van der Waals surface area contributed by atoms with Gasteiger partial charge in [-0.25, -0.2) is 9.69 Å². The molecule has 1 heterocycles. The second-order valence-electron chi connectivity index (χ2n) is 6.32. The SMILES string of the molecule is O=C1CC2CC3CCC(C13)C2C(=O)N1CCOC1=O. The second-order valence-corrected chi connectivity index (χ2v) is 6.32. The number of carbonyl (C=O) groups is 3. The van der Waals surface area contributed by atoms with E-state index in [1.54, 1.807) is 0 Å². The highest BCUT2D eigenvalue weighted by Crippen LogP contribution is 2.58. The molecule has 5 nitrogen and oxygen atoms in total. The van der Waals surface area contributed by atoms with E-state index in [9.17, 15) is 14.4 Å². The van der Waals surface area contributed by atoms with Gasteiger partial charge in [0.05, 0.1) is 6.54 Å². The first-order valence-corrected chi connectivity index (χ1v) is 7.17. The summed E-state index contributed by atoms with van der Waals surface area (Å²) in [6.45, 7) is 0.674. The average molecular weight is 263 g/mol. The van der Waals surface area contributed by atoms with Crippen molar-refractivity contribution in [3.8, 4) is 0 Å². The molecule has 4 bridgehead atoms. The zero-order chi connectivity index (χ0) is 13.1. The first-order valence-electron chi connectivity index (χ1n) is 7.17. The molecule has 0 aromatic rings. The minimum Gasteiger partial charge on any atom is -0.447 e. The van der Waals surface area contributed by atoms with Crippen LogP contribution in [0.5, 0.6) is 0 Å².